The minimum atomic E-state index is -0.545. The van der Waals surface area contributed by atoms with Crippen LogP contribution >= 0.6 is 0 Å². The Morgan fingerprint density at radius 1 is 1.24 bits per heavy atom. The number of benzene rings is 2. The Morgan fingerprint density at radius 2 is 2.07 bits per heavy atom. The van der Waals surface area contributed by atoms with Gasteiger partial charge < -0.3 is 19.9 Å². The van der Waals surface area contributed by atoms with Crippen molar-refractivity contribution in [3.8, 4) is 5.75 Å². The summed E-state index contributed by atoms with van der Waals surface area (Å²) in [6.07, 6.45) is 3.08. The van der Waals surface area contributed by atoms with Gasteiger partial charge in [-0.15, -0.1) is 0 Å². The Hall–Kier alpha value is -3.09. The molecule has 152 valence electrons. The third kappa shape index (κ3) is 3.41. The van der Waals surface area contributed by atoms with E-state index in [0.29, 0.717) is 16.8 Å². The van der Waals surface area contributed by atoms with Gasteiger partial charge in [0.1, 0.15) is 6.17 Å². The molecule has 29 heavy (non-hydrogen) atoms. The van der Waals surface area contributed by atoms with Crippen molar-refractivity contribution in [2.24, 2.45) is 0 Å². The van der Waals surface area contributed by atoms with Crippen molar-refractivity contribution in [2.75, 3.05) is 30.4 Å². The minimum Gasteiger partial charge on any atom is -0.494 e. The molecule has 7 heteroatoms. The van der Waals surface area contributed by atoms with Crippen LogP contribution < -0.4 is 15.0 Å². The number of hydrogen-bond donors (Lipinski definition) is 1. The van der Waals surface area contributed by atoms with Crippen molar-refractivity contribution in [3.05, 3.63) is 53.3 Å². The molecule has 0 radical (unpaired) electrons. The van der Waals surface area contributed by atoms with Crippen LogP contribution in [0.1, 0.15) is 46.9 Å². The zero-order valence-corrected chi connectivity index (χ0v) is 16.6. The predicted molar refractivity (Wildman–Crippen MR) is 109 cm³/mol. The van der Waals surface area contributed by atoms with Crippen molar-refractivity contribution < 1.29 is 18.7 Å². The summed E-state index contributed by atoms with van der Waals surface area (Å²) < 4.78 is 18.8. The number of halogens is 1. The van der Waals surface area contributed by atoms with E-state index in [0.717, 1.165) is 38.0 Å². The fraction of sp³-hybridized carbons (Fsp3) is 0.364. The van der Waals surface area contributed by atoms with Crippen molar-refractivity contribution in [2.45, 2.75) is 32.4 Å². The molecule has 0 aromatic heterocycles. The Morgan fingerprint density at radius 3 is 2.79 bits per heavy atom. The number of nitrogens with zero attached hydrogens (tertiary/aromatic N) is 2. The topological polar surface area (TPSA) is 61.9 Å². The number of piperidine rings is 1. The Kier molecular flexibility index (Phi) is 5.13. The lowest BCUT2D eigenvalue weighted by molar-refractivity contribution is 0.0582. The maximum absolute atomic E-state index is 13.9. The third-order valence-electron chi connectivity index (χ3n) is 5.64. The molecule has 0 spiro atoms. The summed E-state index contributed by atoms with van der Waals surface area (Å²) in [7, 11) is 1.39. The average molecular weight is 397 g/mol. The highest BCUT2D eigenvalue weighted by molar-refractivity contribution is 6.08. The van der Waals surface area contributed by atoms with Crippen LogP contribution in [0.25, 0.3) is 0 Å². The summed E-state index contributed by atoms with van der Waals surface area (Å²) in [5.41, 5.74) is 2.18. The zero-order chi connectivity index (χ0) is 20.5. The third-order valence-corrected chi connectivity index (χ3v) is 5.64. The van der Waals surface area contributed by atoms with Gasteiger partial charge in [0.2, 0.25) is 0 Å². The molecule has 1 N–H and O–H groups in total. The predicted octanol–water partition coefficient (Wildman–Crippen LogP) is 3.88. The summed E-state index contributed by atoms with van der Waals surface area (Å²) in [4.78, 5) is 29.8. The van der Waals surface area contributed by atoms with Crippen LogP contribution in [0.5, 0.6) is 5.75 Å². The van der Waals surface area contributed by atoms with Gasteiger partial charge in [-0.3, -0.25) is 9.59 Å². The second-order valence-corrected chi connectivity index (χ2v) is 7.30. The smallest absolute Gasteiger partial charge is 0.257 e. The molecule has 2 aliphatic rings. The van der Waals surface area contributed by atoms with Gasteiger partial charge in [0.25, 0.3) is 11.8 Å². The molecule has 0 bridgehead atoms. The molecular weight excluding hydrogens is 373 g/mol. The molecule has 1 fully saturated rings. The quantitative estimate of drug-likeness (QED) is 0.851. The number of hydrogen-bond acceptors (Lipinski definition) is 4. The minimum absolute atomic E-state index is 0.0265. The van der Waals surface area contributed by atoms with Crippen LogP contribution in [0.2, 0.25) is 0 Å². The van der Waals surface area contributed by atoms with Crippen LogP contribution in [0.15, 0.2) is 36.4 Å². The lowest BCUT2D eigenvalue weighted by Gasteiger charge is -2.47. The zero-order valence-electron chi connectivity index (χ0n) is 16.6. The number of amides is 2. The van der Waals surface area contributed by atoms with Gasteiger partial charge in [0.15, 0.2) is 11.6 Å². The maximum atomic E-state index is 13.9. The van der Waals surface area contributed by atoms with Crippen LogP contribution in [-0.2, 0) is 0 Å². The molecule has 2 amide bonds. The van der Waals surface area contributed by atoms with Gasteiger partial charge in [0.05, 0.1) is 18.4 Å². The summed E-state index contributed by atoms with van der Waals surface area (Å²) in [5.74, 6) is -0.757. The fourth-order valence-corrected chi connectivity index (χ4v) is 4.21. The summed E-state index contributed by atoms with van der Waals surface area (Å²) in [6.45, 7) is 3.57. The van der Waals surface area contributed by atoms with Gasteiger partial charge in [-0.2, -0.15) is 0 Å². The Bertz CT molecular complexity index is 962. The number of rotatable bonds is 4. The van der Waals surface area contributed by atoms with Crippen LogP contribution in [0.3, 0.4) is 0 Å². The first kappa shape index (κ1) is 19.2. The molecule has 1 atom stereocenters. The van der Waals surface area contributed by atoms with Crippen LogP contribution in [-0.4, -0.2) is 43.1 Å². The SMILES string of the molecule is CCN1c2cc(C(=O)Nc3ccc(OC)c(F)c3)ccc2C(=O)N2CCCC[C@@H]21. The molecule has 0 aliphatic carbocycles. The first-order valence-corrected chi connectivity index (χ1v) is 9.90. The van der Waals surface area contributed by atoms with Crippen molar-refractivity contribution in [3.63, 3.8) is 0 Å². The van der Waals surface area contributed by atoms with Crippen LogP contribution in [0, 0.1) is 5.82 Å². The maximum Gasteiger partial charge on any atom is 0.257 e. The lowest BCUT2D eigenvalue weighted by Crippen LogP contribution is -2.57. The van der Waals surface area contributed by atoms with Gasteiger partial charge in [-0.1, -0.05) is 0 Å². The van der Waals surface area contributed by atoms with E-state index in [-0.39, 0.29) is 23.7 Å². The standard InChI is InChI=1S/C22H24FN3O3/c1-3-25-18-12-14(21(27)24-15-8-10-19(29-2)17(23)13-15)7-9-16(18)22(28)26-11-5-4-6-20(25)26/h7-10,12-13,20H,3-6,11H2,1-2H3,(H,24,27)/t20-/m1/s1. The van der Waals surface area contributed by atoms with Gasteiger partial charge in [-0.05, 0) is 56.5 Å². The largest absolute Gasteiger partial charge is 0.494 e. The summed E-state index contributed by atoms with van der Waals surface area (Å²) >= 11 is 0. The number of ether oxygens (including phenoxy) is 1. The summed E-state index contributed by atoms with van der Waals surface area (Å²) in [5, 5.41) is 2.71. The number of fused-ring (bicyclic) bond motifs is 2. The summed E-state index contributed by atoms with van der Waals surface area (Å²) in [6, 6.07) is 9.39. The number of nitrogens with one attached hydrogen (secondary N) is 1. The first-order valence-electron chi connectivity index (χ1n) is 9.90. The van der Waals surface area contributed by atoms with Crippen LogP contribution in [0.4, 0.5) is 15.8 Å². The monoisotopic (exact) mass is 397 g/mol. The number of carbonyl (C=O) groups excluding carboxylic acids is 2. The van der Waals surface area contributed by atoms with Gasteiger partial charge in [0, 0.05) is 30.4 Å². The number of anilines is 2. The van der Waals surface area contributed by atoms with Crippen molar-refractivity contribution in [1.82, 2.24) is 4.90 Å². The van der Waals surface area contributed by atoms with Gasteiger partial charge >= 0.3 is 0 Å². The molecule has 6 nitrogen and oxygen atoms in total. The normalized spacial score (nSPS) is 18.2. The number of methoxy groups -OCH3 is 1. The second-order valence-electron chi connectivity index (χ2n) is 7.30. The van der Waals surface area contributed by atoms with Crippen molar-refractivity contribution >= 4 is 23.2 Å². The molecule has 2 aromatic carbocycles. The molecule has 2 heterocycles. The van der Waals surface area contributed by atoms with Crippen molar-refractivity contribution in [1.29, 1.82) is 0 Å². The van der Waals surface area contributed by atoms with E-state index in [1.165, 1.54) is 19.2 Å². The lowest BCUT2D eigenvalue weighted by atomic mass is 9.97. The highest BCUT2D eigenvalue weighted by Crippen LogP contribution is 2.36. The second kappa shape index (κ2) is 7.73. The Labute approximate surface area is 169 Å². The van der Waals surface area contributed by atoms with E-state index in [9.17, 15) is 14.0 Å². The molecule has 2 aliphatic heterocycles. The molecule has 0 unspecified atom stereocenters. The highest BCUT2D eigenvalue weighted by Gasteiger charge is 2.38. The molecule has 2 aromatic rings. The Balaban J connectivity index is 1.62. The molecule has 0 saturated carbocycles. The van der Waals surface area contributed by atoms with E-state index in [1.54, 1.807) is 24.3 Å². The van der Waals surface area contributed by atoms with E-state index >= 15 is 0 Å². The highest BCUT2D eigenvalue weighted by atomic mass is 19.1. The average Bonchev–Trinajstić information content (AvgIpc) is 2.74. The fourth-order valence-electron chi connectivity index (χ4n) is 4.21. The van der Waals surface area contributed by atoms with E-state index in [1.807, 2.05) is 4.90 Å². The molecule has 4 rings (SSSR count). The first-order chi connectivity index (χ1) is 14.0. The number of carbonyl (C=O) groups is 2. The molecular formula is C22H24FN3O3. The van der Waals surface area contributed by atoms with E-state index in [4.69, 9.17) is 4.74 Å². The van der Waals surface area contributed by atoms with Gasteiger partial charge in [-0.25, -0.2) is 4.39 Å². The van der Waals surface area contributed by atoms with E-state index in [2.05, 4.69) is 17.1 Å². The van der Waals surface area contributed by atoms with E-state index < -0.39 is 5.82 Å². The molecule has 1 saturated heterocycles.